The van der Waals surface area contributed by atoms with Gasteiger partial charge in [-0.1, -0.05) is 0 Å². The Morgan fingerprint density at radius 2 is 2.10 bits per heavy atom. The zero-order valence-corrected chi connectivity index (χ0v) is 12.7. The van der Waals surface area contributed by atoms with E-state index in [-0.39, 0.29) is 5.97 Å². The van der Waals surface area contributed by atoms with Crippen LogP contribution in [0.4, 0.5) is 0 Å². The molecule has 2 saturated heterocycles. The molecule has 1 aliphatic carbocycles. The van der Waals surface area contributed by atoms with Crippen molar-refractivity contribution in [2.45, 2.75) is 50.2 Å². The predicted molar refractivity (Wildman–Crippen MR) is 77.6 cm³/mol. The Kier molecular flexibility index (Phi) is 4.02. The fourth-order valence-corrected chi connectivity index (χ4v) is 3.99. The molecule has 1 N–H and O–H groups in total. The largest absolute Gasteiger partial charge is 0.468 e. The lowest BCUT2D eigenvalue weighted by Gasteiger charge is -2.38. The van der Waals surface area contributed by atoms with E-state index in [1.54, 1.807) is 0 Å². The Balaban J connectivity index is 1.82. The number of esters is 1. The van der Waals surface area contributed by atoms with Gasteiger partial charge < -0.3 is 10.1 Å². The lowest BCUT2D eigenvalue weighted by molar-refractivity contribution is -0.154. The van der Waals surface area contributed by atoms with Crippen molar-refractivity contribution < 1.29 is 9.53 Å². The molecule has 3 aliphatic rings. The summed E-state index contributed by atoms with van der Waals surface area (Å²) in [6.45, 7) is 7.07. The topological polar surface area (TPSA) is 44.8 Å². The molecule has 5 heteroatoms. The Bertz CT molecular complexity index is 364. The molecule has 0 spiro atoms. The van der Waals surface area contributed by atoms with Gasteiger partial charge in [0.2, 0.25) is 0 Å². The summed E-state index contributed by atoms with van der Waals surface area (Å²) >= 11 is 0. The van der Waals surface area contributed by atoms with Gasteiger partial charge in [-0.2, -0.15) is 0 Å². The van der Waals surface area contributed by atoms with Crippen molar-refractivity contribution in [3.8, 4) is 0 Å². The second kappa shape index (κ2) is 5.62. The summed E-state index contributed by atoms with van der Waals surface area (Å²) < 4.78 is 5.20. The third-order valence-corrected chi connectivity index (χ3v) is 5.17. The Hall–Kier alpha value is -0.650. The van der Waals surface area contributed by atoms with Gasteiger partial charge in [0, 0.05) is 38.3 Å². The monoisotopic (exact) mass is 281 g/mol. The number of carbonyl (C=O) groups is 1. The molecule has 20 heavy (non-hydrogen) atoms. The number of ether oxygens (including phenoxy) is 1. The quantitative estimate of drug-likeness (QED) is 0.761. The van der Waals surface area contributed by atoms with E-state index >= 15 is 0 Å². The summed E-state index contributed by atoms with van der Waals surface area (Å²) in [5.41, 5.74) is -0.414. The molecule has 5 nitrogen and oxygen atoms in total. The number of hydrogen-bond acceptors (Lipinski definition) is 5. The highest BCUT2D eigenvalue weighted by atomic mass is 16.5. The maximum Gasteiger partial charge on any atom is 0.327 e. The molecule has 0 radical (unpaired) electrons. The molecule has 2 unspecified atom stereocenters. The fraction of sp³-hybridized carbons (Fsp3) is 0.933. The number of carbonyl (C=O) groups excluding carboxylic acids is 1. The van der Waals surface area contributed by atoms with Crippen molar-refractivity contribution in [2.24, 2.45) is 0 Å². The number of likely N-dealkylation sites (tertiary alicyclic amines) is 1. The number of rotatable bonds is 3. The van der Waals surface area contributed by atoms with Crippen LogP contribution in [0.1, 0.15) is 32.6 Å². The minimum atomic E-state index is -0.414. The van der Waals surface area contributed by atoms with Gasteiger partial charge in [0.05, 0.1) is 7.11 Å². The van der Waals surface area contributed by atoms with E-state index in [9.17, 15) is 4.79 Å². The summed E-state index contributed by atoms with van der Waals surface area (Å²) in [7, 11) is 1.53. The SMILES string of the molecule is COC(=O)C1(N2CCCNCC2)CC(C)N(C2CC2)C1. The van der Waals surface area contributed by atoms with Crippen LogP contribution in [0.15, 0.2) is 0 Å². The van der Waals surface area contributed by atoms with E-state index in [0.717, 1.165) is 45.6 Å². The van der Waals surface area contributed by atoms with Gasteiger partial charge in [0.1, 0.15) is 5.54 Å². The zero-order chi connectivity index (χ0) is 14.2. The summed E-state index contributed by atoms with van der Waals surface area (Å²) in [5, 5.41) is 3.42. The highest BCUT2D eigenvalue weighted by Crippen LogP contribution is 2.40. The normalized spacial score (nSPS) is 36.8. The van der Waals surface area contributed by atoms with E-state index in [2.05, 4.69) is 22.0 Å². The van der Waals surface area contributed by atoms with Crippen molar-refractivity contribution in [3.63, 3.8) is 0 Å². The first-order valence-electron chi connectivity index (χ1n) is 7.97. The fourth-order valence-electron chi connectivity index (χ4n) is 3.99. The van der Waals surface area contributed by atoms with Crippen LogP contribution >= 0.6 is 0 Å². The summed E-state index contributed by atoms with van der Waals surface area (Å²) in [4.78, 5) is 17.5. The molecule has 3 rings (SSSR count). The number of nitrogens with zero attached hydrogens (tertiary/aromatic N) is 2. The van der Waals surface area contributed by atoms with Crippen molar-refractivity contribution in [3.05, 3.63) is 0 Å². The lowest BCUT2D eigenvalue weighted by atomic mass is 9.93. The van der Waals surface area contributed by atoms with E-state index in [1.807, 2.05) is 0 Å². The van der Waals surface area contributed by atoms with E-state index in [1.165, 1.54) is 20.0 Å². The Morgan fingerprint density at radius 3 is 2.80 bits per heavy atom. The molecule has 0 aromatic carbocycles. The van der Waals surface area contributed by atoms with Gasteiger partial charge in [-0.3, -0.25) is 9.80 Å². The van der Waals surface area contributed by atoms with Gasteiger partial charge in [-0.15, -0.1) is 0 Å². The maximum atomic E-state index is 12.6. The number of hydrogen-bond donors (Lipinski definition) is 1. The summed E-state index contributed by atoms with van der Waals surface area (Å²) in [6, 6.07) is 1.19. The smallest absolute Gasteiger partial charge is 0.327 e. The van der Waals surface area contributed by atoms with Crippen molar-refractivity contribution in [2.75, 3.05) is 39.8 Å². The van der Waals surface area contributed by atoms with E-state index in [0.29, 0.717) is 12.1 Å². The highest BCUT2D eigenvalue weighted by Gasteiger charge is 2.55. The second-order valence-electron chi connectivity index (χ2n) is 6.57. The first-order valence-corrected chi connectivity index (χ1v) is 7.97. The second-order valence-corrected chi connectivity index (χ2v) is 6.57. The molecular formula is C15H27N3O2. The molecular weight excluding hydrogens is 254 g/mol. The molecule has 2 heterocycles. The van der Waals surface area contributed by atoms with Crippen LogP contribution in [0.3, 0.4) is 0 Å². The van der Waals surface area contributed by atoms with E-state index < -0.39 is 5.54 Å². The van der Waals surface area contributed by atoms with Gasteiger partial charge in [-0.05, 0) is 39.2 Å². The van der Waals surface area contributed by atoms with Crippen molar-refractivity contribution >= 4 is 5.97 Å². The van der Waals surface area contributed by atoms with Crippen molar-refractivity contribution in [1.29, 1.82) is 0 Å². The Morgan fingerprint density at radius 1 is 1.30 bits per heavy atom. The molecule has 114 valence electrons. The van der Waals surface area contributed by atoms with E-state index in [4.69, 9.17) is 4.74 Å². The molecule has 0 bridgehead atoms. The molecule has 2 aliphatic heterocycles. The molecule has 3 fully saturated rings. The average molecular weight is 281 g/mol. The van der Waals surface area contributed by atoms with Gasteiger partial charge in [0.15, 0.2) is 0 Å². The minimum absolute atomic E-state index is 0.0330. The summed E-state index contributed by atoms with van der Waals surface area (Å²) in [5.74, 6) is -0.0330. The highest BCUT2D eigenvalue weighted by molar-refractivity contribution is 5.82. The van der Waals surface area contributed by atoms with Crippen molar-refractivity contribution in [1.82, 2.24) is 15.1 Å². The predicted octanol–water partition coefficient (Wildman–Crippen LogP) is 0.450. The maximum absolute atomic E-state index is 12.6. The van der Waals surface area contributed by atoms with Crippen LogP contribution in [-0.4, -0.2) is 73.2 Å². The van der Waals surface area contributed by atoms with Crippen LogP contribution in [0.2, 0.25) is 0 Å². The average Bonchev–Trinajstić information content (AvgIpc) is 3.26. The third-order valence-electron chi connectivity index (χ3n) is 5.17. The third kappa shape index (κ3) is 2.47. The summed E-state index contributed by atoms with van der Waals surface area (Å²) in [6.07, 6.45) is 4.61. The standard InChI is InChI=1S/C15H27N3O2/c1-12-10-15(14(19)20-2,11-18(12)13-4-5-13)17-8-3-6-16-7-9-17/h12-13,16H,3-11H2,1-2H3. The first kappa shape index (κ1) is 14.3. The van der Waals surface area contributed by atoms with Crippen LogP contribution in [-0.2, 0) is 9.53 Å². The van der Waals surface area contributed by atoms with Gasteiger partial charge in [0.25, 0.3) is 0 Å². The Labute approximate surface area is 121 Å². The van der Waals surface area contributed by atoms with Crippen LogP contribution in [0.25, 0.3) is 0 Å². The number of methoxy groups -OCH3 is 1. The molecule has 2 atom stereocenters. The zero-order valence-electron chi connectivity index (χ0n) is 12.7. The molecule has 0 amide bonds. The van der Waals surface area contributed by atoms with Gasteiger partial charge >= 0.3 is 5.97 Å². The van der Waals surface area contributed by atoms with Gasteiger partial charge in [-0.25, -0.2) is 4.79 Å². The molecule has 0 aromatic heterocycles. The lowest BCUT2D eigenvalue weighted by Crippen LogP contribution is -2.58. The molecule has 0 aromatic rings. The first-order chi connectivity index (χ1) is 9.67. The number of nitrogens with one attached hydrogen (secondary N) is 1. The van der Waals surface area contributed by atoms with Crippen LogP contribution in [0, 0.1) is 0 Å². The minimum Gasteiger partial charge on any atom is -0.468 e. The van der Waals surface area contributed by atoms with Crippen LogP contribution in [0.5, 0.6) is 0 Å². The molecule has 1 saturated carbocycles. The van der Waals surface area contributed by atoms with Crippen LogP contribution < -0.4 is 5.32 Å².